The fourth-order valence-corrected chi connectivity index (χ4v) is 7.49. The van der Waals surface area contributed by atoms with Crippen LogP contribution in [-0.4, -0.2) is 79.2 Å². The van der Waals surface area contributed by atoms with Gasteiger partial charge in [-0.3, -0.25) is 24.2 Å². The van der Waals surface area contributed by atoms with Gasteiger partial charge in [0.2, 0.25) is 17.7 Å². The molecular weight excluding hydrogens is 671 g/mol. The van der Waals surface area contributed by atoms with Crippen molar-refractivity contribution in [3.8, 4) is 5.75 Å². The average Bonchev–Trinajstić information content (AvgIpc) is 3.49. The highest BCUT2D eigenvalue weighted by atomic mass is 31.2. The number of amides is 3. The van der Waals surface area contributed by atoms with Gasteiger partial charge in [0.1, 0.15) is 29.1 Å². The van der Waals surface area contributed by atoms with Gasteiger partial charge in [0.25, 0.3) is 0 Å². The van der Waals surface area contributed by atoms with Crippen LogP contribution in [-0.2, 0) is 38.3 Å². The van der Waals surface area contributed by atoms with Crippen molar-refractivity contribution < 1.29 is 37.7 Å². The summed E-state index contributed by atoms with van der Waals surface area (Å²) in [5, 5.41) is 5.20. The summed E-state index contributed by atoms with van der Waals surface area (Å²) in [5.74, 6) is -0.815. The van der Waals surface area contributed by atoms with Crippen LogP contribution in [0, 0.1) is 0 Å². The van der Waals surface area contributed by atoms with Crippen molar-refractivity contribution >= 4 is 47.5 Å². The third-order valence-electron chi connectivity index (χ3n) is 9.32. The van der Waals surface area contributed by atoms with E-state index in [4.69, 9.17) is 8.94 Å². The Balaban J connectivity index is 1.25. The minimum absolute atomic E-state index is 0.0372. The minimum atomic E-state index is -4.77. The van der Waals surface area contributed by atoms with Crippen LogP contribution in [0.3, 0.4) is 0 Å². The Bertz CT molecular complexity index is 2150. The molecule has 12 nitrogen and oxygen atoms in total. The van der Waals surface area contributed by atoms with Gasteiger partial charge >= 0.3 is 7.82 Å². The van der Waals surface area contributed by atoms with Gasteiger partial charge in [-0.1, -0.05) is 84.9 Å². The second kappa shape index (κ2) is 14.2. The van der Waals surface area contributed by atoms with Gasteiger partial charge in [-0.25, -0.2) is 14.6 Å². The fraction of sp³-hybridized carbons (Fsp3) is 0.237. The number of nitrogens with zero attached hydrogens (tertiary/aromatic N) is 4. The van der Waals surface area contributed by atoms with E-state index in [0.717, 1.165) is 27.5 Å². The fourth-order valence-electron chi connectivity index (χ4n) is 7.10. The molecule has 0 bridgehead atoms. The predicted octanol–water partition coefficient (Wildman–Crippen LogP) is 5.04. The Morgan fingerprint density at radius 2 is 1.65 bits per heavy atom. The Labute approximate surface area is 294 Å². The van der Waals surface area contributed by atoms with Gasteiger partial charge in [-0.2, -0.15) is 0 Å². The van der Waals surface area contributed by atoms with E-state index in [1.165, 1.54) is 17.0 Å². The first-order chi connectivity index (χ1) is 24.6. The number of piperazine rings is 1. The molecule has 5 aromatic rings. The summed E-state index contributed by atoms with van der Waals surface area (Å²) in [7, 11) is -4.77. The number of phosphoric acid groups is 1. The van der Waals surface area contributed by atoms with Gasteiger partial charge in [0.05, 0.1) is 13.1 Å². The van der Waals surface area contributed by atoms with Crippen LogP contribution in [0.1, 0.15) is 23.1 Å². The third-order valence-corrected chi connectivity index (χ3v) is 9.77. The zero-order valence-electron chi connectivity index (χ0n) is 27.7. The van der Waals surface area contributed by atoms with Crippen LogP contribution in [0.2, 0.25) is 0 Å². The second-order valence-corrected chi connectivity index (χ2v) is 13.9. The molecule has 262 valence electrons. The number of aryl methyl sites for hydroxylation is 1. The molecule has 4 aromatic carbocycles. The maximum absolute atomic E-state index is 14.5. The molecule has 51 heavy (non-hydrogen) atoms. The van der Waals surface area contributed by atoms with Gasteiger partial charge in [-0.15, -0.1) is 6.58 Å². The average molecular weight is 709 g/mol. The largest absolute Gasteiger partial charge is 0.524 e. The molecule has 0 radical (unpaired) electrons. The molecule has 2 saturated heterocycles. The first-order valence-electron chi connectivity index (χ1n) is 16.6. The second-order valence-electron chi connectivity index (χ2n) is 12.7. The van der Waals surface area contributed by atoms with Crippen LogP contribution in [0.15, 0.2) is 114 Å². The summed E-state index contributed by atoms with van der Waals surface area (Å²) in [6.45, 7) is 4.24. The lowest BCUT2D eigenvalue weighted by Crippen LogP contribution is -2.75. The van der Waals surface area contributed by atoms with Crippen molar-refractivity contribution in [1.29, 1.82) is 0 Å². The standard InChI is InChI=1S/C38H37N4O8P/c1-2-21-40-25-36(44)41-32(22-27-15-18-29(19-16-27)50-51(46,47)48)38(45)39(24-34(41)42(40)35(43)20-17-26-9-4-3-5-10-26)23-28-11-8-13-31-30-12-6-7-14-33(30)49-37(28)31/h2-16,18-19,32,34H,1,17,20-25H2,(H2,46,47,48)/t32-,34-/m0/s1. The molecule has 2 N–H and O–H groups in total. The quantitative estimate of drug-likeness (QED) is 0.142. The topological polar surface area (TPSA) is 144 Å². The predicted molar refractivity (Wildman–Crippen MR) is 190 cm³/mol. The molecule has 2 aliphatic heterocycles. The van der Waals surface area contributed by atoms with Gasteiger partial charge < -0.3 is 18.7 Å². The van der Waals surface area contributed by atoms with E-state index in [1.807, 2.05) is 72.8 Å². The maximum atomic E-state index is 14.5. The van der Waals surface area contributed by atoms with Crippen LogP contribution in [0.5, 0.6) is 5.75 Å². The van der Waals surface area contributed by atoms with Gasteiger partial charge in [-0.05, 0) is 35.7 Å². The first-order valence-corrected chi connectivity index (χ1v) is 18.2. The van der Waals surface area contributed by atoms with Crippen molar-refractivity contribution in [1.82, 2.24) is 19.8 Å². The molecule has 0 saturated carbocycles. The molecule has 0 unspecified atom stereocenters. The highest BCUT2D eigenvalue weighted by Crippen LogP contribution is 2.38. The lowest BCUT2D eigenvalue weighted by molar-refractivity contribution is -0.205. The number of phosphoric ester groups is 1. The van der Waals surface area contributed by atoms with Crippen LogP contribution in [0.25, 0.3) is 21.9 Å². The Morgan fingerprint density at radius 1 is 0.922 bits per heavy atom. The van der Waals surface area contributed by atoms with Crippen LogP contribution in [0.4, 0.5) is 0 Å². The smallest absolute Gasteiger partial charge is 0.456 e. The highest BCUT2D eigenvalue weighted by Gasteiger charge is 2.51. The molecule has 2 fully saturated rings. The first kappa shape index (κ1) is 34.2. The summed E-state index contributed by atoms with van der Waals surface area (Å²) in [5.41, 5.74) is 3.82. The van der Waals surface area contributed by atoms with E-state index in [9.17, 15) is 28.7 Å². The number of hydrogen-bond donors (Lipinski definition) is 2. The van der Waals surface area contributed by atoms with Gasteiger partial charge in [0, 0.05) is 42.3 Å². The lowest BCUT2D eigenvalue weighted by Gasteiger charge is -2.55. The van der Waals surface area contributed by atoms with Crippen LogP contribution < -0.4 is 4.52 Å². The molecule has 1 aromatic heterocycles. The van der Waals surface area contributed by atoms with E-state index in [2.05, 4.69) is 6.58 Å². The number of carbonyl (C=O) groups excluding carboxylic acids is 3. The normalized spacial score (nSPS) is 18.4. The molecule has 13 heteroatoms. The summed E-state index contributed by atoms with van der Waals surface area (Å²) in [4.78, 5) is 64.4. The van der Waals surface area contributed by atoms with Crippen molar-refractivity contribution in [2.45, 2.75) is 38.0 Å². The van der Waals surface area contributed by atoms with E-state index in [1.54, 1.807) is 33.1 Å². The summed E-state index contributed by atoms with van der Waals surface area (Å²) < 4.78 is 22.4. The summed E-state index contributed by atoms with van der Waals surface area (Å²) >= 11 is 0. The number of para-hydroxylation sites is 2. The number of hydrazine groups is 1. The van der Waals surface area contributed by atoms with Crippen molar-refractivity contribution in [3.63, 3.8) is 0 Å². The Morgan fingerprint density at radius 3 is 2.39 bits per heavy atom. The number of fused-ring (bicyclic) bond motifs is 4. The van der Waals surface area contributed by atoms with Crippen molar-refractivity contribution in [3.05, 3.63) is 126 Å². The summed E-state index contributed by atoms with van der Waals surface area (Å²) in [6.07, 6.45) is 1.63. The zero-order chi connectivity index (χ0) is 35.7. The number of carbonyl (C=O) groups is 3. The molecule has 2 atom stereocenters. The molecule has 2 aliphatic rings. The number of rotatable bonds is 11. The summed E-state index contributed by atoms with van der Waals surface area (Å²) in [6, 6.07) is 28.3. The van der Waals surface area contributed by atoms with E-state index < -0.39 is 20.0 Å². The van der Waals surface area contributed by atoms with E-state index in [-0.39, 0.29) is 62.5 Å². The third kappa shape index (κ3) is 7.17. The Hall–Kier alpha value is -5.26. The van der Waals surface area contributed by atoms with E-state index >= 15 is 0 Å². The Kier molecular flexibility index (Phi) is 9.50. The zero-order valence-corrected chi connectivity index (χ0v) is 28.6. The number of furan rings is 1. The van der Waals surface area contributed by atoms with Crippen LogP contribution >= 0.6 is 7.82 Å². The lowest BCUT2D eigenvalue weighted by atomic mass is 9.97. The molecule has 3 amide bonds. The minimum Gasteiger partial charge on any atom is -0.456 e. The number of benzene rings is 4. The van der Waals surface area contributed by atoms with Gasteiger partial charge in [0.15, 0.2) is 0 Å². The number of hydrogen-bond acceptors (Lipinski definition) is 7. The maximum Gasteiger partial charge on any atom is 0.524 e. The SMILES string of the molecule is C=CCN1CC(=O)N2[C@@H](Cc3ccc(OP(=O)(O)O)cc3)C(=O)N(Cc3cccc4c3oc3ccccc34)C[C@@H]2N1C(=O)CCc1ccccc1. The monoisotopic (exact) mass is 708 g/mol. The van der Waals surface area contributed by atoms with E-state index in [0.29, 0.717) is 17.6 Å². The van der Waals surface area contributed by atoms with Crippen molar-refractivity contribution in [2.24, 2.45) is 0 Å². The molecule has 7 rings (SSSR count). The molecule has 3 heterocycles. The molecule has 0 spiro atoms. The highest BCUT2D eigenvalue weighted by molar-refractivity contribution is 7.46. The van der Waals surface area contributed by atoms with Crippen molar-refractivity contribution in [2.75, 3.05) is 19.6 Å². The molecule has 0 aliphatic carbocycles. The molecular formula is C38H37N4O8P.